The highest BCUT2D eigenvalue weighted by atomic mass is 14.7. The maximum Gasteiger partial charge on any atom is 0.0436 e. The molecule has 0 aliphatic carbocycles. The minimum absolute atomic E-state index is 0.300. The molecule has 1 unspecified atom stereocenters. The standard InChI is InChI=1S/C11H17N.C10H15N/c1-9(11(2,3)4)10-7-5-6-8-12-10;1-10(2,3)8-9-6-4-5-7-11-9/h5-9H,1-4H3;4-7H,8H2,1-3H3. The summed E-state index contributed by atoms with van der Waals surface area (Å²) >= 11 is 0. The molecule has 0 bridgehead atoms. The van der Waals surface area contributed by atoms with E-state index < -0.39 is 0 Å². The summed E-state index contributed by atoms with van der Waals surface area (Å²) in [6, 6.07) is 12.2. The predicted octanol–water partition coefficient (Wildman–Crippen LogP) is 5.90. The molecule has 2 heteroatoms. The van der Waals surface area contributed by atoms with Crippen molar-refractivity contribution in [3.63, 3.8) is 0 Å². The lowest BCUT2D eigenvalue weighted by Gasteiger charge is -2.26. The first kappa shape index (κ1) is 19.3. The Hall–Kier alpha value is -1.70. The Morgan fingerprint density at radius 3 is 1.78 bits per heavy atom. The summed E-state index contributed by atoms with van der Waals surface area (Å²) in [6.07, 6.45) is 4.76. The zero-order chi connectivity index (χ0) is 17.5. The van der Waals surface area contributed by atoms with Gasteiger partial charge in [-0.3, -0.25) is 9.97 Å². The van der Waals surface area contributed by atoms with Gasteiger partial charge in [0.25, 0.3) is 0 Å². The average Bonchev–Trinajstić information content (AvgIpc) is 2.46. The number of nitrogens with zero attached hydrogens (tertiary/aromatic N) is 2. The second-order valence-electron chi connectivity index (χ2n) is 8.40. The number of hydrogen-bond donors (Lipinski definition) is 0. The quantitative estimate of drug-likeness (QED) is 0.689. The second kappa shape index (κ2) is 8.24. The van der Waals surface area contributed by atoms with Crippen LogP contribution in [0.2, 0.25) is 0 Å². The lowest BCUT2D eigenvalue weighted by molar-refractivity contribution is 0.334. The summed E-state index contributed by atoms with van der Waals surface area (Å²) in [5.74, 6) is 0.513. The molecule has 1 atom stereocenters. The van der Waals surface area contributed by atoms with Gasteiger partial charge >= 0.3 is 0 Å². The van der Waals surface area contributed by atoms with Gasteiger partial charge in [-0.25, -0.2) is 0 Å². The van der Waals surface area contributed by atoms with Gasteiger partial charge in [-0.15, -0.1) is 0 Å². The minimum atomic E-state index is 0.300. The van der Waals surface area contributed by atoms with Crippen molar-refractivity contribution in [2.24, 2.45) is 10.8 Å². The molecule has 0 aliphatic heterocycles. The molecule has 2 heterocycles. The van der Waals surface area contributed by atoms with Gasteiger partial charge in [0.05, 0.1) is 0 Å². The van der Waals surface area contributed by atoms with E-state index in [-0.39, 0.29) is 0 Å². The summed E-state index contributed by atoms with van der Waals surface area (Å²) in [5.41, 5.74) is 3.01. The van der Waals surface area contributed by atoms with Crippen LogP contribution in [-0.2, 0) is 6.42 Å². The summed E-state index contributed by atoms with van der Waals surface area (Å²) in [6.45, 7) is 15.6. The zero-order valence-electron chi connectivity index (χ0n) is 15.8. The first-order chi connectivity index (χ1) is 10.6. The number of rotatable bonds is 2. The molecule has 0 saturated carbocycles. The van der Waals surface area contributed by atoms with Crippen molar-refractivity contribution in [3.8, 4) is 0 Å². The molecule has 0 spiro atoms. The molecule has 0 fully saturated rings. The molecule has 2 rings (SSSR count). The number of hydrogen-bond acceptors (Lipinski definition) is 2. The SMILES string of the molecule is CC(C)(C)Cc1ccccn1.CC(c1ccccn1)C(C)(C)C. The van der Waals surface area contributed by atoms with Crippen LogP contribution in [0.5, 0.6) is 0 Å². The fraction of sp³-hybridized carbons (Fsp3) is 0.524. The smallest absolute Gasteiger partial charge is 0.0436 e. The number of pyridine rings is 2. The maximum atomic E-state index is 4.35. The van der Waals surface area contributed by atoms with E-state index in [1.807, 2.05) is 36.7 Å². The molecule has 2 aromatic heterocycles. The highest BCUT2D eigenvalue weighted by Crippen LogP contribution is 2.32. The van der Waals surface area contributed by atoms with Gasteiger partial charge in [0, 0.05) is 29.7 Å². The van der Waals surface area contributed by atoms with E-state index in [1.54, 1.807) is 0 Å². The molecule has 0 saturated heterocycles. The molecule has 0 aromatic carbocycles. The molecular formula is C21H32N2. The van der Waals surface area contributed by atoms with Crippen LogP contribution < -0.4 is 0 Å². The Bertz CT molecular complexity index is 548. The van der Waals surface area contributed by atoms with E-state index in [0.717, 1.165) is 6.42 Å². The van der Waals surface area contributed by atoms with Crippen LogP contribution in [-0.4, -0.2) is 9.97 Å². The molecular weight excluding hydrogens is 280 g/mol. The third-order valence-electron chi connectivity index (χ3n) is 3.87. The molecule has 0 amide bonds. The summed E-state index contributed by atoms with van der Waals surface area (Å²) in [7, 11) is 0. The molecule has 0 radical (unpaired) electrons. The lowest BCUT2D eigenvalue weighted by atomic mass is 9.80. The Morgan fingerprint density at radius 1 is 0.826 bits per heavy atom. The van der Waals surface area contributed by atoms with Crippen LogP contribution in [0, 0.1) is 10.8 Å². The fourth-order valence-corrected chi connectivity index (χ4v) is 2.12. The summed E-state index contributed by atoms with van der Waals surface area (Å²) in [4.78, 5) is 8.61. The average molecular weight is 313 g/mol. The predicted molar refractivity (Wildman–Crippen MR) is 99.5 cm³/mol. The number of aromatic nitrogens is 2. The molecule has 126 valence electrons. The third-order valence-corrected chi connectivity index (χ3v) is 3.87. The fourth-order valence-electron chi connectivity index (χ4n) is 2.12. The lowest BCUT2D eigenvalue weighted by Crippen LogP contribution is -2.16. The van der Waals surface area contributed by atoms with Crippen molar-refractivity contribution >= 4 is 0 Å². The van der Waals surface area contributed by atoms with Gasteiger partial charge in [0.15, 0.2) is 0 Å². The highest BCUT2D eigenvalue weighted by Gasteiger charge is 2.22. The van der Waals surface area contributed by atoms with Gasteiger partial charge < -0.3 is 0 Å². The largest absolute Gasteiger partial charge is 0.261 e. The molecule has 2 aromatic rings. The van der Waals surface area contributed by atoms with Crippen molar-refractivity contribution in [2.45, 2.75) is 60.8 Å². The van der Waals surface area contributed by atoms with Crippen LogP contribution in [0.15, 0.2) is 48.8 Å². The molecule has 0 N–H and O–H groups in total. The van der Waals surface area contributed by atoms with Gasteiger partial charge in [-0.2, -0.15) is 0 Å². The van der Waals surface area contributed by atoms with Crippen LogP contribution in [0.1, 0.15) is 65.8 Å². The Morgan fingerprint density at radius 2 is 1.39 bits per heavy atom. The van der Waals surface area contributed by atoms with Crippen molar-refractivity contribution < 1.29 is 0 Å². The van der Waals surface area contributed by atoms with Crippen LogP contribution in [0.25, 0.3) is 0 Å². The third kappa shape index (κ3) is 7.92. The topological polar surface area (TPSA) is 25.8 Å². The van der Waals surface area contributed by atoms with E-state index in [4.69, 9.17) is 0 Å². The van der Waals surface area contributed by atoms with E-state index in [9.17, 15) is 0 Å². The summed E-state index contributed by atoms with van der Waals surface area (Å²) in [5, 5.41) is 0. The Labute approximate surface area is 142 Å². The van der Waals surface area contributed by atoms with Crippen LogP contribution >= 0.6 is 0 Å². The Balaban J connectivity index is 0.000000231. The van der Waals surface area contributed by atoms with Gasteiger partial charge in [0.2, 0.25) is 0 Å². The van der Waals surface area contributed by atoms with Crippen molar-refractivity contribution in [3.05, 3.63) is 60.2 Å². The van der Waals surface area contributed by atoms with Crippen LogP contribution in [0.3, 0.4) is 0 Å². The first-order valence-electron chi connectivity index (χ1n) is 8.40. The second-order valence-corrected chi connectivity index (χ2v) is 8.40. The van der Waals surface area contributed by atoms with Crippen molar-refractivity contribution in [1.29, 1.82) is 0 Å². The van der Waals surface area contributed by atoms with Crippen molar-refractivity contribution in [1.82, 2.24) is 9.97 Å². The summed E-state index contributed by atoms with van der Waals surface area (Å²) < 4.78 is 0. The van der Waals surface area contributed by atoms with Gasteiger partial charge in [-0.1, -0.05) is 60.6 Å². The zero-order valence-corrected chi connectivity index (χ0v) is 15.8. The molecule has 2 nitrogen and oxygen atoms in total. The van der Waals surface area contributed by atoms with Gasteiger partial charge in [0.1, 0.15) is 0 Å². The van der Waals surface area contributed by atoms with Gasteiger partial charge in [-0.05, 0) is 41.5 Å². The van der Waals surface area contributed by atoms with E-state index in [0.29, 0.717) is 16.7 Å². The Kier molecular flexibility index (Phi) is 6.93. The normalized spacial score (nSPS) is 13.0. The molecule has 23 heavy (non-hydrogen) atoms. The highest BCUT2D eigenvalue weighted by molar-refractivity contribution is 5.10. The van der Waals surface area contributed by atoms with E-state index >= 15 is 0 Å². The minimum Gasteiger partial charge on any atom is -0.261 e. The van der Waals surface area contributed by atoms with E-state index in [2.05, 4.69) is 70.6 Å². The van der Waals surface area contributed by atoms with E-state index in [1.165, 1.54) is 11.4 Å². The van der Waals surface area contributed by atoms with Crippen LogP contribution in [0.4, 0.5) is 0 Å². The first-order valence-corrected chi connectivity index (χ1v) is 8.40. The molecule has 0 aliphatic rings. The maximum absolute atomic E-state index is 4.35. The van der Waals surface area contributed by atoms with Crippen molar-refractivity contribution in [2.75, 3.05) is 0 Å². The monoisotopic (exact) mass is 312 g/mol.